The smallest absolute Gasteiger partial charge is 0.330 e. The van der Waals surface area contributed by atoms with Gasteiger partial charge in [0.15, 0.2) is 0 Å². The normalized spacial score (nSPS) is 14.2. The molecule has 1 unspecified atom stereocenters. The minimum Gasteiger partial charge on any atom is -0.494 e. The Kier molecular flexibility index (Phi) is 13.7. The molecule has 0 amide bonds. The van der Waals surface area contributed by atoms with E-state index >= 15 is 0 Å². The molecule has 1 atom stereocenters. The number of methoxy groups -OCH3 is 1. The van der Waals surface area contributed by atoms with Crippen molar-refractivity contribution in [2.75, 3.05) is 26.8 Å². The maximum absolute atomic E-state index is 11.1. The van der Waals surface area contributed by atoms with Crippen molar-refractivity contribution in [3.63, 3.8) is 0 Å². The lowest BCUT2D eigenvalue weighted by molar-refractivity contribution is -0.134. The standard InChI is InChI=1S/C21H34N2O3/c1-6-11-20(14-15-21(24)25-5)26-17-10-9-16-23(8-3)18(4)12-13-19(22)7-2/h6-7,11-15,18H,1,8-10,16-17,22H2,2-5H3/b13-12-,15-14+,19-7+,20-11+. The average molecular weight is 363 g/mol. The topological polar surface area (TPSA) is 64.8 Å². The van der Waals surface area contributed by atoms with Crippen molar-refractivity contribution >= 4 is 5.97 Å². The fourth-order valence-electron chi connectivity index (χ4n) is 2.21. The second-order valence-electron chi connectivity index (χ2n) is 5.73. The summed E-state index contributed by atoms with van der Waals surface area (Å²) < 4.78 is 10.3. The van der Waals surface area contributed by atoms with Gasteiger partial charge in [-0.2, -0.15) is 0 Å². The largest absolute Gasteiger partial charge is 0.494 e. The third-order valence-corrected chi connectivity index (χ3v) is 3.86. The van der Waals surface area contributed by atoms with Crippen LogP contribution in [0.5, 0.6) is 0 Å². The molecule has 146 valence electrons. The van der Waals surface area contributed by atoms with Crippen molar-refractivity contribution in [2.45, 2.75) is 39.7 Å². The first-order valence-corrected chi connectivity index (χ1v) is 9.04. The molecular weight excluding hydrogens is 328 g/mol. The van der Waals surface area contributed by atoms with E-state index in [1.807, 2.05) is 19.1 Å². The minimum absolute atomic E-state index is 0.332. The number of esters is 1. The molecule has 0 aliphatic carbocycles. The van der Waals surface area contributed by atoms with Gasteiger partial charge in [-0.3, -0.25) is 4.90 Å². The van der Waals surface area contributed by atoms with E-state index in [4.69, 9.17) is 10.5 Å². The van der Waals surface area contributed by atoms with E-state index in [1.165, 1.54) is 13.2 Å². The first kappa shape index (κ1) is 23.7. The molecule has 0 aliphatic rings. The number of ether oxygens (including phenoxy) is 2. The van der Waals surface area contributed by atoms with Gasteiger partial charge in [0.1, 0.15) is 5.76 Å². The Bertz CT molecular complexity index is 533. The first-order chi connectivity index (χ1) is 12.5. The third kappa shape index (κ3) is 11.3. The number of likely N-dealkylation sites (N-methyl/N-ethyl adjacent to an activating group) is 1. The number of rotatable bonds is 13. The molecular formula is C21H34N2O3. The predicted molar refractivity (Wildman–Crippen MR) is 108 cm³/mol. The van der Waals surface area contributed by atoms with Gasteiger partial charge in [0, 0.05) is 17.8 Å². The summed E-state index contributed by atoms with van der Waals surface area (Å²) in [4.78, 5) is 13.5. The van der Waals surface area contributed by atoms with E-state index in [2.05, 4.69) is 36.1 Å². The zero-order valence-corrected chi connectivity index (χ0v) is 16.6. The van der Waals surface area contributed by atoms with Crippen LogP contribution in [0.25, 0.3) is 0 Å². The summed E-state index contributed by atoms with van der Waals surface area (Å²) in [6, 6.07) is 0.332. The highest BCUT2D eigenvalue weighted by Gasteiger charge is 2.08. The fourth-order valence-corrected chi connectivity index (χ4v) is 2.21. The fraction of sp³-hybridized carbons (Fsp3) is 0.476. The molecule has 5 nitrogen and oxygen atoms in total. The number of nitrogens with zero attached hydrogens (tertiary/aromatic N) is 1. The number of carbonyl (C=O) groups is 1. The minimum atomic E-state index is -0.414. The van der Waals surface area contributed by atoms with Crippen molar-refractivity contribution < 1.29 is 14.3 Å². The lowest BCUT2D eigenvalue weighted by Gasteiger charge is -2.25. The van der Waals surface area contributed by atoms with Crippen molar-refractivity contribution in [1.82, 2.24) is 4.90 Å². The molecule has 0 aromatic heterocycles. The lowest BCUT2D eigenvalue weighted by Crippen LogP contribution is -2.32. The van der Waals surface area contributed by atoms with Gasteiger partial charge in [0.25, 0.3) is 0 Å². The Morgan fingerprint density at radius 1 is 1.27 bits per heavy atom. The van der Waals surface area contributed by atoms with Crippen LogP contribution in [0.1, 0.15) is 33.6 Å². The molecule has 0 spiro atoms. The molecule has 5 heteroatoms. The number of carbonyl (C=O) groups excluding carboxylic acids is 1. The van der Waals surface area contributed by atoms with Gasteiger partial charge >= 0.3 is 5.97 Å². The van der Waals surface area contributed by atoms with Crippen molar-refractivity contribution in [3.8, 4) is 0 Å². The van der Waals surface area contributed by atoms with Crippen LogP contribution in [-0.4, -0.2) is 43.7 Å². The second-order valence-corrected chi connectivity index (χ2v) is 5.73. The van der Waals surface area contributed by atoms with Gasteiger partial charge in [-0.1, -0.05) is 31.7 Å². The molecule has 2 N–H and O–H groups in total. The predicted octanol–water partition coefficient (Wildman–Crippen LogP) is 3.71. The van der Waals surface area contributed by atoms with Gasteiger partial charge in [-0.25, -0.2) is 4.79 Å². The van der Waals surface area contributed by atoms with Crippen LogP contribution in [0.3, 0.4) is 0 Å². The summed E-state index contributed by atoms with van der Waals surface area (Å²) in [5.74, 6) is 0.179. The van der Waals surface area contributed by atoms with Gasteiger partial charge < -0.3 is 15.2 Å². The summed E-state index contributed by atoms with van der Waals surface area (Å²) in [6.45, 7) is 12.4. The number of unbranched alkanes of at least 4 members (excludes halogenated alkanes) is 1. The molecule has 0 saturated carbocycles. The Morgan fingerprint density at radius 3 is 2.58 bits per heavy atom. The molecule has 0 aromatic carbocycles. The first-order valence-electron chi connectivity index (χ1n) is 9.04. The molecule has 0 aromatic rings. The second kappa shape index (κ2) is 15.0. The van der Waals surface area contributed by atoms with E-state index in [0.717, 1.165) is 31.6 Å². The van der Waals surface area contributed by atoms with Crippen molar-refractivity contribution in [1.29, 1.82) is 0 Å². The molecule has 0 aliphatic heterocycles. The summed E-state index contributed by atoms with van der Waals surface area (Å²) in [7, 11) is 1.34. The summed E-state index contributed by atoms with van der Waals surface area (Å²) >= 11 is 0. The lowest BCUT2D eigenvalue weighted by atomic mass is 10.2. The van der Waals surface area contributed by atoms with Gasteiger partial charge in [0.2, 0.25) is 0 Å². The molecule has 0 bridgehead atoms. The molecule has 0 fully saturated rings. The number of allylic oxidation sites excluding steroid dienone is 5. The number of hydrogen-bond acceptors (Lipinski definition) is 5. The van der Waals surface area contributed by atoms with Crippen LogP contribution in [0.2, 0.25) is 0 Å². The van der Waals surface area contributed by atoms with Crippen LogP contribution in [0.15, 0.2) is 60.6 Å². The Morgan fingerprint density at radius 2 is 2.00 bits per heavy atom. The molecule has 0 radical (unpaired) electrons. The van der Waals surface area contributed by atoms with Crippen LogP contribution in [0.4, 0.5) is 0 Å². The monoisotopic (exact) mass is 362 g/mol. The number of hydrogen-bond donors (Lipinski definition) is 1. The SMILES string of the molecule is C=C/C=C(\C=C\C(=O)OC)OCCCCN(CC)C(C)/C=C\C(N)=C/C. The van der Waals surface area contributed by atoms with Crippen molar-refractivity contribution in [2.24, 2.45) is 5.73 Å². The highest BCUT2D eigenvalue weighted by Crippen LogP contribution is 2.07. The Hall–Kier alpha value is -2.27. The third-order valence-electron chi connectivity index (χ3n) is 3.86. The van der Waals surface area contributed by atoms with Gasteiger partial charge in [-0.05, 0) is 58.0 Å². The number of nitrogens with two attached hydrogens (primary N) is 1. The van der Waals surface area contributed by atoms with Crippen LogP contribution < -0.4 is 5.73 Å². The molecule has 0 rings (SSSR count). The highest BCUT2D eigenvalue weighted by atomic mass is 16.5. The maximum Gasteiger partial charge on any atom is 0.330 e. The zero-order valence-electron chi connectivity index (χ0n) is 16.6. The van der Waals surface area contributed by atoms with Crippen LogP contribution >= 0.6 is 0 Å². The molecule has 26 heavy (non-hydrogen) atoms. The van der Waals surface area contributed by atoms with E-state index < -0.39 is 5.97 Å². The Balaban J connectivity index is 4.30. The summed E-state index contributed by atoms with van der Waals surface area (Å²) in [6.07, 6.45) is 14.2. The highest BCUT2D eigenvalue weighted by molar-refractivity contribution is 5.82. The summed E-state index contributed by atoms with van der Waals surface area (Å²) in [5, 5.41) is 0. The van der Waals surface area contributed by atoms with E-state index in [1.54, 1.807) is 18.2 Å². The van der Waals surface area contributed by atoms with E-state index in [9.17, 15) is 4.79 Å². The molecule has 0 heterocycles. The summed E-state index contributed by atoms with van der Waals surface area (Å²) in [5.41, 5.74) is 6.58. The quantitative estimate of drug-likeness (QED) is 0.178. The van der Waals surface area contributed by atoms with E-state index in [0.29, 0.717) is 18.4 Å². The zero-order chi connectivity index (χ0) is 19.8. The van der Waals surface area contributed by atoms with Gasteiger partial charge in [-0.15, -0.1) is 0 Å². The Labute approximate surface area is 158 Å². The maximum atomic E-state index is 11.1. The average Bonchev–Trinajstić information content (AvgIpc) is 2.65. The van der Waals surface area contributed by atoms with E-state index in [-0.39, 0.29) is 0 Å². The van der Waals surface area contributed by atoms with Crippen molar-refractivity contribution in [3.05, 3.63) is 60.6 Å². The molecule has 0 saturated heterocycles. The van der Waals surface area contributed by atoms with Crippen LogP contribution in [0, 0.1) is 0 Å². The van der Waals surface area contributed by atoms with Crippen LogP contribution in [-0.2, 0) is 14.3 Å². The van der Waals surface area contributed by atoms with Gasteiger partial charge in [0.05, 0.1) is 13.7 Å².